The molecule has 0 bridgehead atoms. The van der Waals surface area contributed by atoms with Crippen LogP contribution >= 0.6 is 11.8 Å². The van der Waals surface area contributed by atoms with Gasteiger partial charge in [0.15, 0.2) is 0 Å². The Morgan fingerprint density at radius 3 is 2.26 bits per heavy atom. The van der Waals surface area contributed by atoms with E-state index < -0.39 is 0 Å². The largest absolute Gasteiger partial charge is 0.388 e. The predicted octanol–water partition coefficient (Wildman–Crippen LogP) is 8.13. The Labute approximate surface area is 172 Å². The van der Waals surface area contributed by atoms with E-state index in [0.717, 1.165) is 6.42 Å². The molecular formula is C25H40OS. The summed E-state index contributed by atoms with van der Waals surface area (Å²) in [7, 11) is 0. The lowest BCUT2D eigenvalue weighted by molar-refractivity contribution is 0.112. The van der Waals surface area contributed by atoms with Gasteiger partial charge in [-0.15, -0.1) is 0 Å². The number of rotatable bonds is 13. The summed E-state index contributed by atoms with van der Waals surface area (Å²) < 4.78 is 0. The first-order valence-corrected chi connectivity index (χ1v) is 12.3. The van der Waals surface area contributed by atoms with E-state index in [1.807, 2.05) is 0 Å². The van der Waals surface area contributed by atoms with Crippen molar-refractivity contribution >= 4 is 11.8 Å². The average molecular weight is 389 g/mol. The average Bonchev–Trinajstić information content (AvgIpc) is 2.73. The lowest BCUT2D eigenvalue weighted by Gasteiger charge is -2.28. The van der Waals surface area contributed by atoms with Crippen LogP contribution in [0.2, 0.25) is 0 Å². The second kappa shape index (κ2) is 14.3. The molecule has 1 aliphatic carbocycles. The first-order valence-electron chi connectivity index (χ1n) is 11.4. The van der Waals surface area contributed by atoms with Crippen molar-refractivity contribution in [2.24, 2.45) is 5.92 Å². The van der Waals surface area contributed by atoms with Crippen molar-refractivity contribution < 1.29 is 5.11 Å². The summed E-state index contributed by atoms with van der Waals surface area (Å²) in [6.45, 7) is 2.28. The first kappa shape index (κ1) is 22.6. The maximum absolute atomic E-state index is 11.0. The molecule has 0 radical (unpaired) electrons. The zero-order valence-electron chi connectivity index (χ0n) is 17.4. The Kier molecular flexibility index (Phi) is 11.9. The fourth-order valence-electron chi connectivity index (χ4n) is 4.13. The fraction of sp³-hybridized carbons (Fsp3) is 0.680. The Bertz CT molecular complexity index is 504. The standard InChI is InChI=1S/C25H40OS/c1-2-3-4-5-6-7-8-11-18-23(21-27-24-19-14-10-15-20-24)25(26)22-16-12-9-13-17-22/h10,14-15,19-22,25-26H,2-9,11-13,16-18H2,1H3/b23-21+. The normalized spacial score (nSPS) is 17.2. The van der Waals surface area contributed by atoms with Crippen LogP contribution in [0.15, 0.2) is 46.2 Å². The quantitative estimate of drug-likeness (QED) is 0.272. The van der Waals surface area contributed by atoms with Crippen molar-refractivity contribution in [3.8, 4) is 0 Å². The van der Waals surface area contributed by atoms with Crippen molar-refractivity contribution in [3.63, 3.8) is 0 Å². The highest BCUT2D eigenvalue weighted by molar-refractivity contribution is 8.02. The third kappa shape index (κ3) is 9.34. The second-order valence-corrected chi connectivity index (χ2v) is 9.13. The zero-order chi connectivity index (χ0) is 19.2. The van der Waals surface area contributed by atoms with Gasteiger partial charge < -0.3 is 5.11 Å². The minimum Gasteiger partial charge on any atom is -0.388 e. The van der Waals surface area contributed by atoms with Crippen molar-refractivity contribution in [2.75, 3.05) is 0 Å². The van der Waals surface area contributed by atoms with Crippen LogP contribution in [0.5, 0.6) is 0 Å². The van der Waals surface area contributed by atoms with E-state index in [2.05, 4.69) is 42.7 Å². The summed E-state index contributed by atoms with van der Waals surface area (Å²) in [6.07, 6.45) is 17.9. The topological polar surface area (TPSA) is 20.2 Å². The van der Waals surface area contributed by atoms with Gasteiger partial charge in [0.05, 0.1) is 6.10 Å². The monoisotopic (exact) mass is 388 g/mol. The summed E-state index contributed by atoms with van der Waals surface area (Å²) in [5.74, 6) is 0.482. The van der Waals surface area contributed by atoms with Gasteiger partial charge in [-0.25, -0.2) is 0 Å². The van der Waals surface area contributed by atoms with Crippen LogP contribution in [-0.4, -0.2) is 11.2 Å². The molecule has 0 amide bonds. The molecule has 1 N–H and O–H groups in total. The molecule has 2 rings (SSSR count). The smallest absolute Gasteiger partial charge is 0.0786 e. The maximum atomic E-state index is 11.0. The molecule has 0 aliphatic heterocycles. The number of aliphatic hydroxyl groups is 1. The summed E-state index contributed by atoms with van der Waals surface area (Å²) in [5.41, 5.74) is 1.28. The van der Waals surface area contributed by atoms with Gasteiger partial charge in [-0.3, -0.25) is 0 Å². The van der Waals surface area contributed by atoms with E-state index in [1.54, 1.807) is 11.8 Å². The van der Waals surface area contributed by atoms with Crippen LogP contribution in [-0.2, 0) is 0 Å². The number of aliphatic hydroxyl groups excluding tert-OH is 1. The van der Waals surface area contributed by atoms with E-state index in [1.165, 1.54) is 93.9 Å². The maximum Gasteiger partial charge on any atom is 0.0786 e. The van der Waals surface area contributed by atoms with Crippen LogP contribution in [0.25, 0.3) is 0 Å². The van der Waals surface area contributed by atoms with Crippen LogP contribution in [0.3, 0.4) is 0 Å². The van der Waals surface area contributed by atoms with Gasteiger partial charge in [-0.1, -0.05) is 101 Å². The Hall–Kier alpha value is -0.730. The third-order valence-corrected chi connectivity index (χ3v) is 6.85. The molecule has 27 heavy (non-hydrogen) atoms. The van der Waals surface area contributed by atoms with Crippen LogP contribution in [0.4, 0.5) is 0 Å². The molecule has 0 aromatic heterocycles. The van der Waals surface area contributed by atoms with E-state index in [-0.39, 0.29) is 6.10 Å². The van der Waals surface area contributed by atoms with E-state index in [0.29, 0.717) is 5.92 Å². The van der Waals surface area contributed by atoms with Crippen LogP contribution in [0.1, 0.15) is 96.8 Å². The molecule has 1 saturated carbocycles. The fourth-order valence-corrected chi connectivity index (χ4v) is 4.99. The predicted molar refractivity (Wildman–Crippen MR) is 120 cm³/mol. The second-order valence-electron chi connectivity index (χ2n) is 8.19. The highest BCUT2D eigenvalue weighted by atomic mass is 32.2. The highest BCUT2D eigenvalue weighted by Gasteiger charge is 2.24. The molecule has 0 spiro atoms. The highest BCUT2D eigenvalue weighted by Crippen LogP contribution is 2.33. The summed E-state index contributed by atoms with van der Waals surface area (Å²) in [5, 5.41) is 13.3. The van der Waals surface area contributed by atoms with Crippen molar-refractivity contribution in [1.82, 2.24) is 0 Å². The Morgan fingerprint density at radius 2 is 1.59 bits per heavy atom. The van der Waals surface area contributed by atoms with Gasteiger partial charge in [0.25, 0.3) is 0 Å². The van der Waals surface area contributed by atoms with E-state index >= 15 is 0 Å². The summed E-state index contributed by atoms with van der Waals surface area (Å²) >= 11 is 1.78. The van der Waals surface area contributed by atoms with E-state index in [9.17, 15) is 5.11 Å². The number of hydrogen-bond donors (Lipinski definition) is 1. The molecule has 2 heteroatoms. The molecule has 1 aromatic rings. The lowest BCUT2D eigenvalue weighted by Crippen LogP contribution is -2.25. The van der Waals surface area contributed by atoms with Crippen LogP contribution < -0.4 is 0 Å². The van der Waals surface area contributed by atoms with E-state index in [4.69, 9.17) is 0 Å². The van der Waals surface area contributed by atoms with Gasteiger partial charge in [-0.2, -0.15) is 0 Å². The molecular weight excluding hydrogens is 348 g/mol. The minimum absolute atomic E-state index is 0.230. The third-order valence-electron chi connectivity index (χ3n) is 5.88. The number of thioether (sulfide) groups is 1. The number of hydrogen-bond acceptors (Lipinski definition) is 2. The zero-order valence-corrected chi connectivity index (χ0v) is 18.2. The summed E-state index contributed by atoms with van der Waals surface area (Å²) in [6, 6.07) is 10.5. The molecule has 1 nitrogen and oxygen atoms in total. The van der Waals surface area contributed by atoms with Gasteiger partial charge in [-0.05, 0) is 54.7 Å². The molecule has 0 saturated heterocycles. The molecule has 1 atom stereocenters. The number of unbranched alkanes of at least 4 members (excludes halogenated alkanes) is 7. The first-order chi connectivity index (χ1) is 13.3. The molecule has 1 fully saturated rings. The SMILES string of the molecule is CCCCCCCCCC/C(=C\Sc1ccccc1)C(O)C1CCCCC1. The van der Waals surface area contributed by atoms with Gasteiger partial charge in [0.2, 0.25) is 0 Å². The minimum atomic E-state index is -0.230. The molecule has 0 heterocycles. The lowest BCUT2D eigenvalue weighted by atomic mass is 9.82. The molecule has 152 valence electrons. The Morgan fingerprint density at radius 1 is 0.963 bits per heavy atom. The molecule has 1 aromatic carbocycles. The van der Waals surface area contributed by atoms with Crippen molar-refractivity contribution in [2.45, 2.75) is 108 Å². The van der Waals surface area contributed by atoms with Gasteiger partial charge in [0.1, 0.15) is 0 Å². The molecule has 1 aliphatic rings. The number of benzene rings is 1. The van der Waals surface area contributed by atoms with Gasteiger partial charge >= 0.3 is 0 Å². The van der Waals surface area contributed by atoms with Crippen molar-refractivity contribution in [1.29, 1.82) is 0 Å². The van der Waals surface area contributed by atoms with Crippen LogP contribution in [0, 0.1) is 5.92 Å². The van der Waals surface area contributed by atoms with Crippen molar-refractivity contribution in [3.05, 3.63) is 41.3 Å². The summed E-state index contributed by atoms with van der Waals surface area (Å²) in [4.78, 5) is 1.27. The molecule has 1 unspecified atom stereocenters. The Balaban J connectivity index is 1.81. The van der Waals surface area contributed by atoms with Gasteiger partial charge in [0, 0.05) is 4.90 Å².